The van der Waals surface area contributed by atoms with Gasteiger partial charge < -0.3 is 9.80 Å². The molecule has 1 heterocycles. The van der Waals surface area contributed by atoms with E-state index in [9.17, 15) is 14.0 Å². The van der Waals surface area contributed by atoms with Crippen LogP contribution in [0.5, 0.6) is 0 Å². The standard InChI is InChI=1S/C16H21FN2O2/c1-12-7-9-18(10-8-12)16(21)11-19(13(2)20)15-6-4-3-5-14(15)17/h3-6,12H,7-11H2,1-2H3. The number of nitrogens with zero attached hydrogens (tertiary/aromatic N) is 2. The van der Waals surface area contributed by atoms with E-state index in [0.29, 0.717) is 19.0 Å². The van der Waals surface area contributed by atoms with Gasteiger partial charge in [-0.2, -0.15) is 0 Å². The van der Waals surface area contributed by atoms with Crippen molar-refractivity contribution in [1.29, 1.82) is 0 Å². The number of benzene rings is 1. The Labute approximate surface area is 124 Å². The molecule has 1 aromatic carbocycles. The minimum atomic E-state index is -0.493. The van der Waals surface area contributed by atoms with Gasteiger partial charge in [-0.05, 0) is 30.9 Å². The summed E-state index contributed by atoms with van der Waals surface area (Å²) < 4.78 is 13.8. The molecule has 0 bridgehead atoms. The Hall–Kier alpha value is -1.91. The highest BCUT2D eigenvalue weighted by atomic mass is 19.1. The fraction of sp³-hybridized carbons (Fsp3) is 0.500. The number of para-hydroxylation sites is 1. The van der Waals surface area contributed by atoms with Crippen molar-refractivity contribution in [2.24, 2.45) is 5.92 Å². The Morgan fingerprint density at radius 1 is 1.29 bits per heavy atom. The zero-order valence-corrected chi connectivity index (χ0v) is 12.5. The molecule has 114 valence electrons. The second-order valence-electron chi connectivity index (χ2n) is 5.62. The molecule has 1 aliphatic heterocycles. The minimum absolute atomic E-state index is 0.107. The normalized spacial score (nSPS) is 15.9. The topological polar surface area (TPSA) is 40.6 Å². The molecule has 21 heavy (non-hydrogen) atoms. The molecule has 0 atom stereocenters. The van der Waals surface area contributed by atoms with Gasteiger partial charge in [0.2, 0.25) is 11.8 Å². The number of hydrogen-bond donors (Lipinski definition) is 0. The van der Waals surface area contributed by atoms with E-state index in [1.807, 2.05) is 0 Å². The molecule has 0 unspecified atom stereocenters. The largest absolute Gasteiger partial charge is 0.341 e. The van der Waals surface area contributed by atoms with E-state index in [1.54, 1.807) is 17.0 Å². The first kappa shape index (κ1) is 15.5. The zero-order valence-electron chi connectivity index (χ0n) is 12.5. The van der Waals surface area contributed by atoms with Crippen LogP contribution in [0.15, 0.2) is 24.3 Å². The monoisotopic (exact) mass is 292 g/mol. The lowest BCUT2D eigenvalue weighted by atomic mass is 9.99. The van der Waals surface area contributed by atoms with E-state index in [1.165, 1.54) is 24.0 Å². The van der Waals surface area contributed by atoms with Crippen LogP contribution in [0.1, 0.15) is 26.7 Å². The first-order valence-corrected chi connectivity index (χ1v) is 7.29. The van der Waals surface area contributed by atoms with Crippen LogP contribution in [0.3, 0.4) is 0 Å². The average molecular weight is 292 g/mol. The minimum Gasteiger partial charge on any atom is -0.341 e. The summed E-state index contributed by atoms with van der Waals surface area (Å²) >= 11 is 0. The number of halogens is 1. The van der Waals surface area contributed by atoms with Crippen LogP contribution < -0.4 is 4.90 Å². The van der Waals surface area contributed by atoms with Gasteiger partial charge in [-0.15, -0.1) is 0 Å². The molecule has 5 heteroatoms. The van der Waals surface area contributed by atoms with Gasteiger partial charge >= 0.3 is 0 Å². The summed E-state index contributed by atoms with van der Waals surface area (Å²) in [5.41, 5.74) is 0.156. The van der Waals surface area contributed by atoms with Crippen molar-refractivity contribution in [3.05, 3.63) is 30.1 Å². The lowest BCUT2D eigenvalue weighted by Crippen LogP contribution is -2.45. The quantitative estimate of drug-likeness (QED) is 0.858. The van der Waals surface area contributed by atoms with Crippen molar-refractivity contribution in [2.75, 3.05) is 24.5 Å². The number of rotatable bonds is 3. The first-order chi connectivity index (χ1) is 9.99. The van der Waals surface area contributed by atoms with Crippen molar-refractivity contribution >= 4 is 17.5 Å². The van der Waals surface area contributed by atoms with Crippen LogP contribution >= 0.6 is 0 Å². The van der Waals surface area contributed by atoms with Gasteiger partial charge in [0.05, 0.1) is 5.69 Å². The molecule has 0 aliphatic carbocycles. The molecule has 1 fully saturated rings. The van der Waals surface area contributed by atoms with Gasteiger partial charge in [-0.25, -0.2) is 4.39 Å². The maximum atomic E-state index is 13.8. The maximum absolute atomic E-state index is 13.8. The summed E-state index contributed by atoms with van der Waals surface area (Å²) in [7, 11) is 0. The molecular formula is C16H21FN2O2. The van der Waals surface area contributed by atoms with Crippen molar-refractivity contribution in [1.82, 2.24) is 4.90 Å². The second-order valence-corrected chi connectivity index (χ2v) is 5.62. The Balaban J connectivity index is 2.08. The van der Waals surface area contributed by atoms with Crippen molar-refractivity contribution in [3.63, 3.8) is 0 Å². The van der Waals surface area contributed by atoms with Crippen molar-refractivity contribution in [3.8, 4) is 0 Å². The molecule has 0 aromatic heterocycles. The number of piperidine rings is 1. The van der Waals surface area contributed by atoms with Crippen LogP contribution in [-0.2, 0) is 9.59 Å². The van der Waals surface area contributed by atoms with Crippen molar-refractivity contribution < 1.29 is 14.0 Å². The van der Waals surface area contributed by atoms with E-state index in [2.05, 4.69) is 6.92 Å². The molecule has 4 nitrogen and oxygen atoms in total. The van der Waals surface area contributed by atoms with Gasteiger partial charge in [0.25, 0.3) is 0 Å². The summed E-state index contributed by atoms with van der Waals surface area (Å²) in [6.45, 7) is 4.83. The lowest BCUT2D eigenvalue weighted by molar-refractivity contribution is -0.132. The van der Waals surface area contributed by atoms with Gasteiger partial charge in [0.15, 0.2) is 0 Å². The van der Waals surface area contributed by atoms with E-state index in [-0.39, 0.29) is 24.0 Å². The number of likely N-dealkylation sites (tertiary alicyclic amines) is 1. The predicted octanol–water partition coefficient (Wildman–Crippen LogP) is 2.44. The van der Waals surface area contributed by atoms with Crippen LogP contribution in [0.25, 0.3) is 0 Å². The first-order valence-electron chi connectivity index (χ1n) is 7.29. The fourth-order valence-corrected chi connectivity index (χ4v) is 2.53. The molecule has 2 amide bonds. The van der Waals surface area contributed by atoms with E-state index >= 15 is 0 Å². The molecule has 0 spiro atoms. The van der Waals surface area contributed by atoms with Gasteiger partial charge in [0.1, 0.15) is 12.4 Å². The Morgan fingerprint density at radius 2 is 1.90 bits per heavy atom. The summed E-state index contributed by atoms with van der Waals surface area (Å²) in [6, 6.07) is 6.02. The number of carbonyl (C=O) groups is 2. The molecule has 1 aromatic rings. The highest BCUT2D eigenvalue weighted by Gasteiger charge is 2.24. The van der Waals surface area contributed by atoms with Gasteiger partial charge in [-0.3, -0.25) is 9.59 Å². The van der Waals surface area contributed by atoms with E-state index < -0.39 is 5.82 Å². The Bertz CT molecular complexity index is 525. The number of anilines is 1. The lowest BCUT2D eigenvalue weighted by Gasteiger charge is -2.32. The third-order valence-electron chi connectivity index (χ3n) is 3.95. The molecule has 0 radical (unpaired) electrons. The number of carbonyl (C=O) groups excluding carboxylic acids is 2. The van der Waals surface area contributed by atoms with Crippen LogP contribution in [0.2, 0.25) is 0 Å². The summed E-state index contributed by atoms with van der Waals surface area (Å²) in [4.78, 5) is 27.0. The second kappa shape index (κ2) is 6.70. The maximum Gasteiger partial charge on any atom is 0.242 e. The molecule has 2 rings (SSSR count). The molecule has 0 N–H and O–H groups in total. The van der Waals surface area contributed by atoms with Crippen LogP contribution in [0, 0.1) is 11.7 Å². The average Bonchev–Trinajstić information content (AvgIpc) is 2.46. The molecule has 1 aliphatic rings. The summed E-state index contributed by atoms with van der Waals surface area (Å²) in [5.74, 6) is -0.323. The van der Waals surface area contributed by atoms with Gasteiger partial charge in [0, 0.05) is 20.0 Å². The molecule has 1 saturated heterocycles. The summed E-state index contributed by atoms with van der Waals surface area (Å²) in [5, 5.41) is 0. The highest BCUT2D eigenvalue weighted by molar-refractivity contribution is 5.97. The SMILES string of the molecule is CC(=O)N(CC(=O)N1CCC(C)CC1)c1ccccc1F. The zero-order chi connectivity index (χ0) is 15.4. The third kappa shape index (κ3) is 3.80. The smallest absolute Gasteiger partial charge is 0.242 e. The van der Waals surface area contributed by atoms with E-state index in [4.69, 9.17) is 0 Å². The molecule has 0 saturated carbocycles. The third-order valence-corrected chi connectivity index (χ3v) is 3.95. The Morgan fingerprint density at radius 3 is 2.48 bits per heavy atom. The molecular weight excluding hydrogens is 271 g/mol. The number of amides is 2. The summed E-state index contributed by atoms with van der Waals surface area (Å²) in [6.07, 6.45) is 1.96. The highest BCUT2D eigenvalue weighted by Crippen LogP contribution is 2.20. The Kier molecular flexibility index (Phi) is 4.94. The van der Waals surface area contributed by atoms with Crippen LogP contribution in [0.4, 0.5) is 10.1 Å². The number of hydrogen-bond acceptors (Lipinski definition) is 2. The fourth-order valence-electron chi connectivity index (χ4n) is 2.53. The van der Waals surface area contributed by atoms with Crippen molar-refractivity contribution in [2.45, 2.75) is 26.7 Å². The predicted molar refractivity (Wildman–Crippen MR) is 79.4 cm³/mol. The van der Waals surface area contributed by atoms with Gasteiger partial charge in [-0.1, -0.05) is 19.1 Å². The van der Waals surface area contributed by atoms with Crippen LogP contribution in [-0.4, -0.2) is 36.3 Å². The van der Waals surface area contributed by atoms with E-state index in [0.717, 1.165) is 12.8 Å².